The lowest BCUT2D eigenvalue weighted by molar-refractivity contribution is 0.109. The summed E-state index contributed by atoms with van der Waals surface area (Å²) in [6.45, 7) is 4.46. The molecule has 1 fully saturated rings. The number of methoxy groups -OCH3 is 2. The van der Waals surface area contributed by atoms with Crippen LogP contribution < -0.4 is 9.47 Å². The highest BCUT2D eigenvalue weighted by Gasteiger charge is 2.30. The van der Waals surface area contributed by atoms with Gasteiger partial charge in [-0.05, 0) is 54.9 Å². The fourth-order valence-electron chi connectivity index (χ4n) is 3.83. The van der Waals surface area contributed by atoms with Gasteiger partial charge in [0, 0.05) is 42.0 Å². The topological polar surface area (TPSA) is 165 Å². The highest BCUT2D eigenvalue weighted by atomic mass is 32.2. The van der Waals surface area contributed by atoms with Crippen molar-refractivity contribution in [1.82, 2.24) is 9.80 Å². The second-order valence-corrected chi connectivity index (χ2v) is 12.5. The number of ether oxygens (including phenoxy) is 2. The minimum Gasteiger partial charge on any atom is -0.497 e. The summed E-state index contributed by atoms with van der Waals surface area (Å²) in [5.41, 5.74) is 2.78. The molecule has 37 heavy (non-hydrogen) atoms. The molecule has 4 N–H and O–H groups in total. The quantitative estimate of drug-likeness (QED) is 0.509. The Labute approximate surface area is 223 Å². The van der Waals surface area contributed by atoms with Gasteiger partial charge < -0.3 is 19.8 Å². The zero-order valence-electron chi connectivity index (χ0n) is 21.5. The van der Waals surface area contributed by atoms with Gasteiger partial charge in [-0.25, -0.2) is 0 Å². The third-order valence-corrected chi connectivity index (χ3v) is 6.65. The maximum Gasteiger partial charge on any atom is 0.261 e. The lowest BCUT2D eigenvalue weighted by Gasteiger charge is -2.38. The summed E-state index contributed by atoms with van der Waals surface area (Å²) in [4.78, 5) is 7.67. The van der Waals surface area contributed by atoms with E-state index in [9.17, 15) is 16.8 Å². The molecule has 2 aliphatic heterocycles. The highest BCUT2D eigenvalue weighted by Crippen LogP contribution is 2.45. The Morgan fingerprint density at radius 3 is 1.84 bits per heavy atom. The minimum atomic E-state index is -3.67. The maximum atomic E-state index is 9.19. The summed E-state index contributed by atoms with van der Waals surface area (Å²) in [6.07, 6.45) is 2.45. The number of piperazine rings is 1. The normalized spacial score (nSPS) is 17.8. The third-order valence-electron chi connectivity index (χ3n) is 5.46. The number of likely N-dealkylation sites (N-methyl/N-ethyl adjacent to an activating group) is 1. The van der Waals surface area contributed by atoms with Gasteiger partial charge in [-0.2, -0.15) is 16.8 Å². The maximum absolute atomic E-state index is 9.19. The molecule has 0 amide bonds. The van der Waals surface area contributed by atoms with Crippen molar-refractivity contribution < 1.29 is 40.9 Å². The molecule has 0 saturated carbocycles. The molecule has 2 aliphatic rings. The summed E-state index contributed by atoms with van der Waals surface area (Å²) < 4.78 is 62.7. The van der Waals surface area contributed by atoms with Crippen LogP contribution in [0, 0.1) is 0 Å². The zero-order chi connectivity index (χ0) is 27.1. The fourth-order valence-corrected chi connectivity index (χ4v) is 4.97. The van der Waals surface area contributed by atoms with Crippen LogP contribution in [0.25, 0.3) is 0 Å². The molecule has 210 valence electrons. The van der Waals surface area contributed by atoms with Crippen molar-refractivity contribution in [3.63, 3.8) is 0 Å². The fraction of sp³-hybridized carbons (Fsp3) is 0.478. The van der Waals surface area contributed by atoms with E-state index in [4.69, 9.17) is 18.6 Å². The van der Waals surface area contributed by atoms with Crippen molar-refractivity contribution in [2.45, 2.75) is 22.3 Å². The molecular formula is C23H36N2O9S3. The van der Waals surface area contributed by atoms with Gasteiger partial charge in [0.2, 0.25) is 0 Å². The van der Waals surface area contributed by atoms with E-state index in [1.807, 2.05) is 11.8 Å². The van der Waals surface area contributed by atoms with Crippen LogP contribution in [-0.2, 0) is 26.7 Å². The summed E-state index contributed by atoms with van der Waals surface area (Å²) >= 11 is 1.85. The molecule has 4 rings (SSSR count). The molecule has 11 nitrogen and oxygen atoms in total. The molecular weight excluding hydrogens is 544 g/mol. The molecule has 1 unspecified atom stereocenters. The molecule has 0 radical (unpaired) electrons. The molecule has 2 aromatic carbocycles. The summed E-state index contributed by atoms with van der Waals surface area (Å²) in [6, 6.07) is 13.4. The first-order valence-corrected chi connectivity index (χ1v) is 15.5. The Bertz CT molecular complexity index is 1180. The standard InChI is InChI=1S/C21H26N2O2S.2CH4O3S.H2O/c1-22-8-10-23(11-9-22)19-12-15-4-5-17(25-3)14-21(15)26-20-7-6-16(24-2)13-18(19)20;2*1-5(2,3)4;/h4-7,13-14,19H,8-12H2,1-3H3;2*1H3,(H,2,3,4);1H2. The van der Waals surface area contributed by atoms with Gasteiger partial charge >= 0.3 is 0 Å². The van der Waals surface area contributed by atoms with Gasteiger partial charge in [0.15, 0.2) is 0 Å². The smallest absolute Gasteiger partial charge is 0.261 e. The van der Waals surface area contributed by atoms with Crippen LogP contribution in [0.2, 0.25) is 0 Å². The van der Waals surface area contributed by atoms with Crippen LogP contribution in [0.5, 0.6) is 11.5 Å². The SMILES string of the molecule is COc1ccc2c(c1)Sc1ccc(OC)cc1C(N1CCN(C)CC1)C2.CS(=O)(=O)O.CS(=O)(=O)O.O. The first-order valence-electron chi connectivity index (χ1n) is 11.0. The number of hydrogen-bond acceptors (Lipinski definition) is 9. The van der Waals surface area contributed by atoms with Gasteiger partial charge in [0.25, 0.3) is 20.2 Å². The third kappa shape index (κ3) is 12.0. The van der Waals surface area contributed by atoms with Gasteiger partial charge in [0.1, 0.15) is 11.5 Å². The first-order chi connectivity index (χ1) is 16.7. The molecule has 0 aliphatic carbocycles. The number of benzene rings is 2. The van der Waals surface area contributed by atoms with E-state index in [1.165, 1.54) is 20.9 Å². The molecule has 2 aromatic rings. The summed E-state index contributed by atoms with van der Waals surface area (Å²) in [7, 11) is -1.65. The van der Waals surface area contributed by atoms with E-state index in [2.05, 4.69) is 53.2 Å². The molecule has 1 atom stereocenters. The number of hydrogen-bond donors (Lipinski definition) is 2. The Balaban J connectivity index is 0.000000534. The van der Waals surface area contributed by atoms with Crippen LogP contribution in [-0.4, -0.2) is 101 Å². The molecule has 0 bridgehead atoms. The average Bonchev–Trinajstić information content (AvgIpc) is 2.93. The summed E-state index contributed by atoms with van der Waals surface area (Å²) in [5, 5.41) is 0. The summed E-state index contributed by atoms with van der Waals surface area (Å²) in [5.74, 6) is 1.86. The predicted octanol–water partition coefficient (Wildman–Crippen LogP) is 1.88. The van der Waals surface area contributed by atoms with Crippen LogP contribution in [0.15, 0.2) is 46.2 Å². The van der Waals surface area contributed by atoms with Gasteiger partial charge in [0.05, 0.1) is 26.7 Å². The van der Waals surface area contributed by atoms with Crippen molar-refractivity contribution >= 4 is 32.0 Å². The average molecular weight is 581 g/mol. The van der Waals surface area contributed by atoms with Gasteiger partial charge in [-0.1, -0.05) is 17.8 Å². The molecule has 1 saturated heterocycles. The van der Waals surface area contributed by atoms with Gasteiger partial charge in [-0.3, -0.25) is 14.0 Å². The highest BCUT2D eigenvalue weighted by molar-refractivity contribution is 7.99. The van der Waals surface area contributed by atoms with Gasteiger partial charge in [-0.15, -0.1) is 0 Å². The lowest BCUT2D eigenvalue weighted by atomic mass is 9.96. The zero-order valence-corrected chi connectivity index (χ0v) is 24.0. The molecule has 0 spiro atoms. The minimum absolute atomic E-state index is 0. The Hall–Kier alpha value is -1.91. The number of nitrogens with zero attached hydrogens (tertiary/aromatic N) is 2. The van der Waals surface area contributed by atoms with Crippen LogP contribution in [0.4, 0.5) is 0 Å². The number of fused-ring (bicyclic) bond motifs is 2. The molecule has 14 heteroatoms. The first kappa shape index (κ1) is 33.1. The van der Waals surface area contributed by atoms with Crippen molar-refractivity contribution in [1.29, 1.82) is 0 Å². The van der Waals surface area contributed by atoms with E-state index in [0.29, 0.717) is 18.6 Å². The van der Waals surface area contributed by atoms with Crippen molar-refractivity contribution in [3.05, 3.63) is 47.5 Å². The van der Waals surface area contributed by atoms with E-state index < -0.39 is 20.2 Å². The largest absolute Gasteiger partial charge is 0.497 e. The van der Waals surface area contributed by atoms with Crippen molar-refractivity contribution in [3.8, 4) is 11.5 Å². The van der Waals surface area contributed by atoms with E-state index in [1.54, 1.807) is 14.2 Å². The monoisotopic (exact) mass is 580 g/mol. The van der Waals surface area contributed by atoms with Crippen LogP contribution >= 0.6 is 11.8 Å². The second-order valence-electron chi connectivity index (χ2n) is 8.50. The van der Waals surface area contributed by atoms with E-state index in [-0.39, 0.29) is 5.48 Å². The lowest BCUT2D eigenvalue weighted by Crippen LogP contribution is -2.46. The van der Waals surface area contributed by atoms with E-state index in [0.717, 1.165) is 44.1 Å². The Morgan fingerprint density at radius 2 is 1.32 bits per heavy atom. The van der Waals surface area contributed by atoms with Crippen molar-refractivity contribution in [2.24, 2.45) is 0 Å². The predicted molar refractivity (Wildman–Crippen MR) is 144 cm³/mol. The van der Waals surface area contributed by atoms with E-state index >= 15 is 0 Å². The van der Waals surface area contributed by atoms with Crippen LogP contribution in [0.1, 0.15) is 17.2 Å². The Kier molecular flexibility index (Phi) is 12.8. The van der Waals surface area contributed by atoms with Crippen molar-refractivity contribution in [2.75, 3.05) is 60.0 Å². The Morgan fingerprint density at radius 1 is 0.838 bits per heavy atom. The second kappa shape index (κ2) is 14.3. The van der Waals surface area contributed by atoms with Crippen LogP contribution in [0.3, 0.4) is 0 Å². The number of rotatable bonds is 3. The molecule has 0 aromatic heterocycles. The molecule has 2 heterocycles.